The molecular weight excluding hydrogens is 334 g/mol. The molecule has 0 spiro atoms. The zero-order chi connectivity index (χ0) is 13.3. The average molecular weight is 346 g/mol. The van der Waals surface area contributed by atoms with Crippen molar-refractivity contribution in [3.63, 3.8) is 0 Å². The summed E-state index contributed by atoms with van der Waals surface area (Å²) in [5.74, 6) is 0. The van der Waals surface area contributed by atoms with Gasteiger partial charge in [-0.1, -0.05) is 22.0 Å². The molecule has 2 rings (SSSR count). The third-order valence-corrected chi connectivity index (χ3v) is 6.48. The van der Waals surface area contributed by atoms with Crippen molar-refractivity contribution in [2.75, 3.05) is 4.72 Å². The van der Waals surface area contributed by atoms with Gasteiger partial charge in [0, 0.05) is 10.2 Å². The highest BCUT2D eigenvalue weighted by molar-refractivity contribution is 9.10. The summed E-state index contributed by atoms with van der Waals surface area (Å²) in [6.07, 6.45) is 0. The molecule has 2 aromatic rings. The smallest absolute Gasteiger partial charge is 0.271 e. The minimum absolute atomic E-state index is 0.320. The van der Waals surface area contributed by atoms with Crippen LogP contribution >= 0.6 is 27.3 Å². The molecular formula is C12H12BrNO2S2. The van der Waals surface area contributed by atoms with Crippen LogP contribution in [0.1, 0.15) is 11.1 Å². The first-order valence-corrected chi connectivity index (χ1v) is 8.39. The molecule has 1 aromatic heterocycles. The van der Waals surface area contributed by atoms with E-state index in [-0.39, 0.29) is 0 Å². The summed E-state index contributed by atoms with van der Waals surface area (Å²) in [5.41, 5.74) is 2.58. The van der Waals surface area contributed by atoms with E-state index in [4.69, 9.17) is 0 Å². The first-order valence-electron chi connectivity index (χ1n) is 5.23. The summed E-state index contributed by atoms with van der Waals surface area (Å²) in [7, 11) is -3.46. The van der Waals surface area contributed by atoms with E-state index in [9.17, 15) is 8.42 Å². The predicted octanol–water partition coefficient (Wildman–Crippen LogP) is 3.93. The SMILES string of the molecule is Cc1cc(NS(=O)(=O)c2cccs2)cc(C)c1Br. The van der Waals surface area contributed by atoms with Crippen LogP contribution in [0.25, 0.3) is 0 Å². The molecule has 0 saturated carbocycles. The number of halogens is 1. The molecule has 6 heteroatoms. The molecule has 0 atom stereocenters. The summed E-state index contributed by atoms with van der Waals surface area (Å²) in [4.78, 5) is 0. The Balaban J connectivity index is 2.36. The van der Waals surface area contributed by atoms with E-state index in [1.165, 1.54) is 11.3 Å². The highest BCUT2D eigenvalue weighted by Gasteiger charge is 2.15. The second-order valence-electron chi connectivity index (χ2n) is 3.96. The Labute approximate surface area is 119 Å². The molecule has 0 radical (unpaired) electrons. The Morgan fingerprint density at radius 1 is 1.22 bits per heavy atom. The van der Waals surface area contributed by atoms with Crippen LogP contribution in [-0.2, 0) is 10.0 Å². The molecule has 18 heavy (non-hydrogen) atoms. The minimum Gasteiger partial charge on any atom is -0.279 e. The van der Waals surface area contributed by atoms with Crippen LogP contribution in [0.2, 0.25) is 0 Å². The lowest BCUT2D eigenvalue weighted by molar-refractivity contribution is 0.603. The Morgan fingerprint density at radius 3 is 2.33 bits per heavy atom. The van der Waals surface area contributed by atoms with Crippen LogP contribution in [0.5, 0.6) is 0 Å². The van der Waals surface area contributed by atoms with E-state index in [2.05, 4.69) is 20.7 Å². The van der Waals surface area contributed by atoms with Gasteiger partial charge in [-0.25, -0.2) is 8.42 Å². The molecule has 3 nitrogen and oxygen atoms in total. The molecule has 0 unspecified atom stereocenters. The largest absolute Gasteiger partial charge is 0.279 e. The Bertz CT molecular complexity index is 640. The van der Waals surface area contributed by atoms with Gasteiger partial charge in [0.05, 0.1) is 0 Å². The number of anilines is 1. The van der Waals surface area contributed by atoms with Crippen molar-refractivity contribution < 1.29 is 8.42 Å². The van der Waals surface area contributed by atoms with Crippen molar-refractivity contribution in [1.82, 2.24) is 0 Å². The number of hydrogen-bond acceptors (Lipinski definition) is 3. The molecule has 0 fully saturated rings. The van der Waals surface area contributed by atoms with Gasteiger partial charge in [-0.3, -0.25) is 4.72 Å². The first-order chi connectivity index (χ1) is 8.40. The number of hydrogen-bond donors (Lipinski definition) is 1. The summed E-state index contributed by atoms with van der Waals surface area (Å²) in [5, 5.41) is 1.74. The number of nitrogens with one attached hydrogen (secondary N) is 1. The Kier molecular flexibility index (Phi) is 3.79. The van der Waals surface area contributed by atoms with Crippen molar-refractivity contribution in [1.29, 1.82) is 0 Å². The van der Waals surface area contributed by atoms with Gasteiger partial charge in [0.1, 0.15) is 4.21 Å². The molecule has 0 saturated heterocycles. The molecule has 96 valence electrons. The average Bonchev–Trinajstić information content (AvgIpc) is 2.79. The molecule has 0 amide bonds. The molecule has 0 aliphatic heterocycles. The first kappa shape index (κ1) is 13.6. The van der Waals surface area contributed by atoms with Gasteiger partial charge in [0.15, 0.2) is 0 Å². The van der Waals surface area contributed by atoms with Gasteiger partial charge in [-0.2, -0.15) is 0 Å². The minimum atomic E-state index is -3.46. The van der Waals surface area contributed by atoms with Crippen molar-refractivity contribution in [3.8, 4) is 0 Å². The third kappa shape index (κ3) is 2.76. The fourth-order valence-electron chi connectivity index (χ4n) is 1.63. The maximum absolute atomic E-state index is 12.1. The fourth-order valence-corrected chi connectivity index (χ4v) is 3.89. The van der Waals surface area contributed by atoms with Crippen LogP contribution in [0.4, 0.5) is 5.69 Å². The zero-order valence-corrected chi connectivity index (χ0v) is 13.1. The quantitative estimate of drug-likeness (QED) is 0.915. The number of rotatable bonds is 3. The van der Waals surface area contributed by atoms with Crippen LogP contribution in [0.15, 0.2) is 38.3 Å². The van der Waals surface area contributed by atoms with E-state index in [0.29, 0.717) is 9.90 Å². The topological polar surface area (TPSA) is 46.2 Å². The van der Waals surface area contributed by atoms with E-state index in [0.717, 1.165) is 15.6 Å². The van der Waals surface area contributed by atoms with Gasteiger partial charge in [-0.15, -0.1) is 11.3 Å². The monoisotopic (exact) mass is 345 g/mol. The highest BCUT2D eigenvalue weighted by atomic mass is 79.9. The van der Waals surface area contributed by atoms with Gasteiger partial charge in [-0.05, 0) is 48.6 Å². The van der Waals surface area contributed by atoms with Crippen LogP contribution < -0.4 is 4.72 Å². The van der Waals surface area contributed by atoms with Crippen LogP contribution in [0.3, 0.4) is 0 Å². The lowest BCUT2D eigenvalue weighted by atomic mass is 10.1. The van der Waals surface area contributed by atoms with Gasteiger partial charge in [0.25, 0.3) is 10.0 Å². The molecule has 1 heterocycles. The third-order valence-electron chi connectivity index (χ3n) is 2.45. The van der Waals surface area contributed by atoms with Crippen molar-refractivity contribution in [3.05, 3.63) is 45.2 Å². The zero-order valence-electron chi connectivity index (χ0n) is 9.90. The lowest BCUT2D eigenvalue weighted by Crippen LogP contribution is -2.11. The normalized spacial score (nSPS) is 11.5. The summed E-state index contributed by atoms with van der Waals surface area (Å²) in [6, 6.07) is 6.92. The molecule has 0 aliphatic carbocycles. The number of aryl methyl sites for hydroxylation is 2. The fraction of sp³-hybridized carbons (Fsp3) is 0.167. The second-order valence-corrected chi connectivity index (χ2v) is 7.61. The second kappa shape index (κ2) is 5.03. The maximum atomic E-state index is 12.1. The maximum Gasteiger partial charge on any atom is 0.271 e. The van der Waals surface area contributed by atoms with E-state index in [1.807, 2.05) is 26.0 Å². The van der Waals surface area contributed by atoms with Crippen molar-refractivity contribution in [2.45, 2.75) is 18.1 Å². The summed E-state index contributed by atoms with van der Waals surface area (Å²) in [6.45, 7) is 3.86. The highest BCUT2D eigenvalue weighted by Crippen LogP contribution is 2.27. The van der Waals surface area contributed by atoms with E-state index in [1.54, 1.807) is 17.5 Å². The van der Waals surface area contributed by atoms with E-state index < -0.39 is 10.0 Å². The molecule has 1 N–H and O–H groups in total. The van der Waals surface area contributed by atoms with Crippen molar-refractivity contribution in [2.24, 2.45) is 0 Å². The van der Waals surface area contributed by atoms with Crippen LogP contribution in [0, 0.1) is 13.8 Å². The van der Waals surface area contributed by atoms with Gasteiger partial charge in [0.2, 0.25) is 0 Å². The number of sulfonamides is 1. The molecule has 1 aromatic carbocycles. The summed E-state index contributed by atoms with van der Waals surface area (Å²) >= 11 is 4.66. The van der Waals surface area contributed by atoms with E-state index >= 15 is 0 Å². The van der Waals surface area contributed by atoms with Gasteiger partial charge >= 0.3 is 0 Å². The van der Waals surface area contributed by atoms with Gasteiger partial charge < -0.3 is 0 Å². The number of benzene rings is 1. The number of thiophene rings is 1. The van der Waals surface area contributed by atoms with Crippen molar-refractivity contribution >= 4 is 43.0 Å². The molecule has 0 bridgehead atoms. The van der Waals surface area contributed by atoms with Crippen LogP contribution in [-0.4, -0.2) is 8.42 Å². The molecule has 0 aliphatic rings. The lowest BCUT2D eigenvalue weighted by Gasteiger charge is -2.10. The summed E-state index contributed by atoms with van der Waals surface area (Å²) < 4.78 is 28.0. The standard InChI is InChI=1S/C12H12BrNO2S2/c1-8-6-10(7-9(2)12(8)13)14-18(15,16)11-4-3-5-17-11/h3-7,14H,1-2H3. The predicted molar refractivity (Wildman–Crippen MR) is 78.7 cm³/mol. The Morgan fingerprint density at radius 2 is 1.83 bits per heavy atom. The Hall–Kier alpha value is -0.850.